The zero-order valence-corrected chi connectivity index (χ0v) is 14.2. The van der Waals surface area contributed by atoms with Crippen molar-refractivity contribution in [3.8, 4) is 0 Å². The topological polar surface area (TPSA) is 35.5 Å². The summed E-state index contributed by atoms with van der Waals surface area (Å²) in [6.45, 7) is 13.4. The lowest BCUT2D eigenvalue weighted by molar-refractivity contribution is 0.0351. The first kappa shape index (κ1) is 16.3. The van der Waals surface area contributed by atoms with E-state index in [2.05, 4.69) is 56.1 Å². The van der Waals surface area contributed by atoms with Crippen LogP contribution in [0.5, 0.6) is 0 Å². The summed E-state index contributed by atoms with van der Waals surface area (Å²) in [7, 11) is 0. The highest BCUT2D eigenvalue weighted by atomic mass is 16.3. The van der Waals surface area contributed by atoms with Gasteiger partial charge in [-0.25, -0.2) is 0 Å². The smallest absolute Gasteiger partial charge is 0.0653 e. The maximum absolute atomic E-state index is 10.1. The van der Waals surface area contributed by atoms with Gasteiger partial charge in [-0.15, -0.1) is 0 Å². The van der Waals surface area contributed by atoms with Crippen LogP contribution in [-0.4, -0.2) is 29.3 Å². The van der Waals surface area contributed by atoms with Crippen LogP contribution in [0.1, 0.15) is 51.7 Å². The van der Waals surface area contributed by atoms with Crippen molar-refractivity contribution in [3.05, 3.63) is 29.3 Å². The van der Waals surface area contributed by atoms with E-state index in [1.807, 2.05) is 6.92 Å². The molecule has 1 heterocycles. The SMILES string of the molecule is Cc1ccc(N2CCC(C)(O)CC2)c(CNC(C)(C)C)c1. The van der Waals surface area contributed by atoms with E-state index in [1.54, 1.807) is 0 Å². The van der Waals surface area contributed by atoms with Gasteiger partial charge in [0.15, 0.2) is 0 Å². The van der Waals surface area contributed by atoms with Crippen LogP contribution in [0, 0.1) is 6.92 Å². The lowest BCUT2D eigenvalue weighted by Gasteiger charge is -2.38. The first-order valence-corrected chi connectivity index (χ1v) is 7.98. The zero-order chi connectivity index (χ0) is 15.7. The Morgan fingerprint density at radius 2 is 1.86 bits per heavy atom. The quantitative estimate of drug-likeness (QED) is 0.897. The molecule has 0 spiro atoms. The van der Waals surface area contributed by atoms with Gasteiger partial charge in [0.25, 0.3) is 0 Å². The molecule has 0 radical (unpaired) electrons. The Labute approximate surface area is 129 Å². The number of hydrogen-bond donors (Lipinski definition) is 2. The normalized spacial score (nSPS) is 18.9. The van der Waals surface area contributed by atoms with Crippen LogP contribution in [0.15, 0.2) is 18.2 Å². The average molecular weight is 290 g/mol. The third-order valence-corrected chi connectivity index (χ3v) is 4.23. The fraction of sp³-hybridized carbons (Fsp3) is 0.667. The Morgan fingerprint density at radius 3 is 2.43 bits per heavy atom. The summed E-state index contributed by atoms with van der Waals surface area (Å²) in [6, 6.07) is 6.69. The predicted octanol–water partition coefficient (Wildman–Crippen LogP) is 3.23. The molecule has 1 saturated heterocycles. The van der Waals surface area contributed by atoms with Gasteiger partial charge in [-0.1, -0.05) is 17.7 Å². The molecule has 21 heavy (non-hydrogen) atoms. The molecule has 0 unspecified atom stereocenters. The third-order valence-electron chi connectivity index (χ3n) is 4.23. The first-order valence-electron chi connectivity index (χ1n) is 7.98. The lowest BCUT2D eigenvalue weighted by atomic mass is 9.93. The van der Waals surface area contributed by atoms with Crippen LogP contribution >= 0.6 is 0 Å². The molecule has 2 rings (SSSR count). The molecule has 1 fully saturated rings. The van der Waals surface area contributed by atoms with Crippen molar-refractivity contribution >= 4 is 5.69 Å². The molecule has 1 aromatic carbocycles. The molecule has 0 amide bonds. The highest BCUT2D eigenvalue weighted by Crippen LogP contribution is 2.29. The van der Waals surface area contributed by atoms with Crippen molar-refractivity contribution < 1.29 is 5.11 Å². The van der Waals surface area contributed by atoms with E-state index in [0.29, 0.717) is 0 Å². The Morgan fingerprint density at radius 1 is 1.24 bits per heavy atom. The molecule has 118 valence electrons. The summed E-state index contributed by atoms with van der Waals surface area (Å²) in [6.07, 6.45) is 1.68. The summed E-state index contributed by atoms with van der Waals surface area (Å²) in [4.78, 5) is 2.41. The fourth-order valence-corrected chi connectivity index (χ4v) is 2.75. The molecule has 1 aliphatic heterocycles. The summed E-state index contributed by atoms with van der Waals surface area (Å²) in [5.41, 5.74) is 3.59. The monoisotopic (exact) mass is 290 g/mol. The molecular weight excluding hydrogens is 260 g/mol. The number of aliphatic hydroxyl groups is 1. The molecule has 1 aliphatic rings. The second-order valence-electron chi connectivity index (χ2n) is 7.72. The molecule has 0 saturated carbocycles. The van der Waals surface area contributed by atoms with E-state index < -0.39 is 5.60 Å². The maximum atomic E-state index is 10.1. The van der Waals surface area contributed by atoms with Gasteiger partial charge in [0, 0.05) is 30.9 Å². The van der Waals surface area contributed by atoms with E-state index in [1.165, 1.54) is 16.8 Å². The number of hydrogen-bond acceptors (Lipinski definition) is 3. The van der Waals surface area contributed by atoms with E-state index in [4.69, 9.17) is 0 Å². The van der Waals surface area contributed by atoms with Gasteiger partial charge in [0.1, 0.15) is 0 Å². The third kappa shape index (κ3) is 4.72. The number of rotatable bonds is 3. The molecule has 0 aliphatic carbocycles. The summed E-state index contributed by atoms with van der Waals surface area (Å²) in [5, 5.41) is 13.7. The number of aryl methyl sites for hydroxylation is 1. The Kier molecular flexibility index (Phi) is 4.64. The highest BCUT2D eigenvalue weighted by Gasteiger charge is 2.28. The van der Waals surface area contributed by atoms with Crippen molar-refractivity contribution in [2.24, 2.45) is 0 Å². The molecule has 0 atom stereocenters. The minimum atomic E-state index is -0.495. The van der Waals surface area contributed by atoms with Crippen molar-refractivity contribution in [2.75, 3.05) is 18.0 Å². The average Bonchev–Trinajstić information content (AvgIpc) is 2.36. The fourth-order valence-electron chi connectivity index (χ4n) is 2.75. The van der Waals surface area contributed by atoms with Crippen LogP contribution in [-0.2, 0) is 6.54 Å². The molecule has 0 bridgehead atoms. The zero-order valence-electron chi connectivity index (χ0n) is 14.2. The van der Waals surface area contributed by atoms with E-state index in [0.717, 1.165) is 32.5 Å². The lowest BCUT2D eigenvalue weighted by Crippen LogP contribution is -2.43. The summed E-state index contributed by atoms with van der Waals surface area (Å²) < 4.78 is 0. The molecule has 3 nitrogen and oxygen atoms in total. The predicted molar refractivity (Wildman–Crippen MR) is 89.8 cm³/mol. The number of benzene rings is 1. The second-order valence-corrected chi connectivity index (χ2v) is 7.72. The van der Waals surface area contributed by atoms with Gasteiger partial charge >= 0.3 is 0 Å². The minimum absolute atomic E-state index is 0.118. The van der Waals surface area contributed by atoms with Gasteiger partial charge < -0.3 is 15.3 Å². The minimum Gasteiger partial charge on any atom is -0.390 e. The first-order chi connectivity index (χ1) is 9.66. The van der Waals surface area contributed by atoms with Gasteiger partial charge in [-0.3, -0.25) is 0 Å². The van der Waals surface area contributed by atoms with Gasteiger partial charge in [-0.2, -0.15) is 0 Å². The van der Waals surface area contributed by atoms with Gasteiger partial charge in [-0.05, 0) is 59.1 Å². The van der Waals surface area contributed by atoms with Crippen molar-refractivity contribution in [1.82, 2.24) is 5.32 Å². The second kappa shape index (κ2) is 5.98. The number of piperidine rings is 1. The molecule has 3 heteroatoms. The van der Waals surface area contributed by atoms with Crippen molar-refractivity contribution in [1.29, 1.82) is 0 Å². The van der Waals surface area contributed by atoms with E-state index in [-0.39, 0.29) is 5.54 Å². The van der Waals surface area contributed by atoms with Crippen LogP contribution in [0.3, 0.4) is 0 Å². The van der Waals surface area contributed by atoms with Crippen molar-refractivity contribution in [3.63, 3.8) is 0 Å². The summed E-state index contributed by atoms with van der Waals surface area (Å²) >= 11 is 0. The van der Waals surface area contributed by atoms with E-state index >= 15 is 0 Å². The Bertz CT molecular complexity index is 478. The van der Waals surface area contributed by atoms with E-state index in [9.17, 15) is 5.11 Å². The van der Waals surface area contributed by atoms with Gasteiger partial charge in [0.05, 0.1) is 5.60 Å². The molecule has 0 aromatic heterocycles. The van der Waals surface area contributed by atoms with Gasteiger partial charge in [0.2, 0.25) is 0 Å². The van der Waals surface area contributed by atoms with Crippen LogP contribution in [0.25, 0.3) is 0 Å². The number of nitrogens with one attached hydrogen (secondary N) is 1. The molecule has 1 aromatic rings. The molecule has 2 N–H and O–H groups in total. The van der Waals surface area contributed by atoms with Crippen LogP contribution in [0.2, 0.25) is 0 Å². The Hall–Kier alpha value is -1.06. The van der Waals surface area contributed by atoms with Crippen LogP contribution < -0.4 is 10.2 Å². The summed E-state index contributed by atoms with van der Waals surface area (Å²) in [5.74, 6) is 0. The largest absolute Gasteiger partial charge is 0.390 e. The number of nitrogens with zero attached hydrogens (tertiary/aromatic N) is 1. The number of anilines is 1. The van der Waals surface area contributed by atoms with Crippen molar-refractivity contribution in [2.45, 2.75) is 65.1 Å². The standard InChI is InChI=1S/C18H30N2O/c1-14-6-7-16(15(12-14)13-19-17(2,3)4)20-10-8-18(5,21)9-11-20/h6-7,12,19,21H,8-11,13H2,1-5H3. The highest BCUT2D eigenvalue weighted by molar-refractivity contribution is 5.55. The maximum Gasteiger partial charge on any atom is 0.0653 e. The van der Waals surface area contributed by atoms with Crippen LogP contribution in [0.4, 0.5) is 5.69 Å². The Balaban J connectivity index is 2.15. The molecular formula is C18H30N2O.